The molecule has 2 heterocycles. The molecule has 0 N–H and O–H groups in total. The van der Waals surface area contributed by atoms with Crippen molar-refractivity contribution < 1.29 is 4.42 Å². The lowest BCUT2D eigenvalue weighted by Crippen LogP contribution is -1.93. The van der Waals surface area contributed by atoms with Crippen LogP contribution < -0.4 is 0 Å². The second kappa shape index (κ2) is 5.20. The zero-order chi connectivity index (χ0) is 15.9. The van der Waals surface area contributed by atoms with E-state index in [-0.39, 0.29) is 0 Å². The van der Waals surface area contributed by atoms with Gasteiger partial charge in [0.15, 0.2) is 0 Å². The third-order valence-electron chi connectivity index (χ3n) is 4.67. The van der Waals surface area contributed by atoms with Crippen LogP contribution in [0.25, 0.3) is 33.6 Å². The van der Waals surface area contributed by atoms with Crippen LogP contribution in [0.5, 0.6) is 0 Å². The van der Waals surface area contributed by atoms with Crippen LogP contribution in [0.4, 0.5) is 0 Å². The SMILES string of the molecule is c1ccc(-c2cc(-c3ccoc3)c3c(n2)-c2ccccc2C3)cc1. The molecule has 0 unspecified atom stereocenters. The molecule has 0 fully saturated rings. The summed E-state index contributed by atoms with van der Waals surface area (Å²) < 4.78 is 5.33. The van der Waals surface area contributed by atoms with Gasteiger partial charge in [-0.15, -0.1) is 0 Å². The lowest BCUT2D eigenvalue weighted by molar-refractivity contribution is 0.568. The zero-order valence-corrected chi connectivity index (χ0v) is 13.1. The molecule has 0 aliphatic heterocycles. The third kappa shape index (κ3) is 2.00. The van der Waals surface area contributed by atoms with Crippen LogP contribution in [0.3, 0.4) is 0 Å². The van der Waals surface area contributed by atoms with E-state index in [0.29, 0.717) is 0 Å². The number of hydrogen-bond donors (Lipinski definition) is 0. The average Bonchev–Trinajstić information content (AvgIpc) is 3.29. The lowest BCUT2D eigenvalue weighted by atomic mass is 9.98. The summed E-state index contributed by atoms with van der Waals surface area (Å²) in [5, 5.41) is 0. The number of nitrogens with zero attached hydrogens (tertiary/aromatic N) is 1. The van der Waals surface area contributed by atoms with E-state index < -0.39 is 0 Å². The molecule has 24 heavy (non-hydrogen) atoms. The van der Waals surface area contributed by atoms with Crippen molar-refractivity contribution >= 4 is 0 Å². The summed E-state index contributed by atoms with van der Waals surface area (Å²) in [7, 11) is 0. The molecular weight excluding hydrogens is 294 g/mol. The van der Waals surface area contributed by atoms with Crippen LogP contribution in [-0.2, 0) is 6.42 Å². The van der Waals surface area contributed by atoms with Gasteiger partial charge < -0.3 is 4.42 Å². The van der Waals surface area contributed by atoms with Gasteiger partial charge in [0.2, 0.25) is 0 Å². The van der Waals surface area contributed by atoms with Gasteiger partial charge in [0, 0.05) is 23.1 Å². The Morgan fingerprint density at radius 2 is 1.62 bits per heavy atom. The fourth-order valence-corrected chi connectivity index (χ4v) is 3.50. The van der Waals surface area contributed by atoms with Crippen LogP contribution in [0.2, 0.25) is 0 Å². The molecule has 2 heteroatoms. The topological polar surface area (TPSA) is 26.0 Å². The largest absolute Gasteiger partial charge is 0.472 e. The Labute approximate surface area is 140 Å². The maximum atomic E-state index is 5.33. The minimum atomic E-state index is 0.925. The van der Waals surface area contributed by atoms with Crippen molar-refractivity contribution in [1.82, 2.24) is 4.98 Å². The first-order valence-electron chi connectivity index (χ1n) is 8.10. The lowest BCUT2D eigenvalue weighted by Gasteiger charge is -2.10. The van der Waals surface area contributed by atoms with Gasteiger partial charge in [-0.3, -0.25) is 0 Å². The minimum absolute atomic E-state index is 0.925. The van der Waals surface area contributed by atoms with Crippen LogP contribution in [0.1, 0.15) is 11.1 Å². The van der Waals surface area contributed by atoms with Gasteiger partial charge in [-0.25, -0.2) is 4.98 Å². The molecule has 1 aliphatic carbocycles. The second-order valence-corrected chi connectivity index (χ2v) is 6.09. The fourth-order valence-electron chi connectivity index (χ4n) is 3.50. The second-order valence-electron chi connectivity index (χ2n) is 6.09. The first-order valence-corrected chi connectivity index (χ1v) is 8.10. The van der Waals surface area contributed by atoms with E-state index in [1.165, 1.54) is 22.3 Å². The number of furan rings is 1. The Bertz CT molecular complexity index is 1020. The highest BCUT2D eigenvalue weighted by molar-refractivity contribution is 5.85. The standard InChI is InChI=1S/C22H15NO/c1-2-6-15(7-3-1)21-13-19(17-10-11-24-14-17)20-12-16-8-4-5-9-18(16)22(20)23-21/h1-11,13-14H,12H2. The van der Waals surface area contributed by atoms with E-state index in [0.717, 1.165) is 28.9 Å². The van der Waals surface area contributed by atoms with Gasteiger partial charge in [-0.2, -0.15) is 0 Å². The van der Waals surface area contributed by atoms with Crippen molar-refractivity contribution in [2.24, 2.45) is 0 Å². The Morgan fingerprint density at radius 1 is 0.792 bits per heavy atom. The summed E-state index contributed by atoms with van der Waals surface area (Å²) in [5.74, 6) is 0. The highest BCUT2D eigenvalue weighted by Gasteiger charge is 2.24. The Morgan fingerprint density at radius 3 is 2.46 bits per heavy atom. The van der Waals surface area contributed by atoms with Crippen molar-refractivity contribution in [1.29, 1.82) is 0 Å². The fraction of sp³-hybridized carbons (Fsp3) is 0.0455. The monoisotopic (exact) mass is 309 g/mol. The van der Waals surface area contributed by atoms with E-state index in [2.05, 4.69) is 54.6 Å². The number of hydrogen-bond acceptors (Lipinski definition) is 2. The molecule has 0 radical (unpaired) electrons. The zero-order valence-electron chi connectivity index (χ0n) is 13.1. The third-order valence-corrected chi connectivity index (χ3v) is 4.67. The van der Waals surface area contributed by atoms with Crippen molar-refractivity contribution in [3.8, 4) is 33.6 Å². The smallest absolute Gasteiger partial charge is 0.0981 e. The molecule has 114 valence electrons. The van der Waals surface area contributed by atoms with Crippen molar-refractivity contribution in [2.45, 2.75) is 6.42 Å². The van der Waals surface area contributed by atoms with Crippen LogP contribution in [-0.4, -0.2) is 4.98 Å². The first-order chi connectivity index (χ1) is 11.9. The molecule has 0 spiro atoms. The van der Waals surface area contributed by atoms with Crippen LogP contribution in [0.15, 0.2) is 83.7 Å². The molecule has 4 aromatic rings. The number of rotatable bonds is 2. The van der Waals surface area contributed by atoms with Crippen molar-refractivity contribution in [3.05, 3.63) is 90.4 Å². The predicted molar refractivity (Wildman–Crippen MR) is 95.6 cm³/mol. The molecular formula is C22H15NO. The summed E-state index contributed by atoms with van der Waals surface area (Å²) in [6.45, 7) is 0. The summed E-state index contributed by atoms with van der Waals surface area (Å²) in [4.78, 5) is 5.00. The molecule has 0 saturated carbocycles. The quantitative estimate of drug-likeness (QED) is 0.425. The van der Waals surface area contributed by atoms with E-state index in [9.17, 15) is 0 Å². The number of pyridine rings is 1. The Hall–Kier alpha value is -3.13. The minimum Gasteiger partial charge on any atom is -0.472 e. The van der Waals surface area contributed by atoms with Crippen molar-refractivity contribution in [2.75, 3.05) is 0 Å². The molecule has 0 saturated heterocycles. The van der Waals surface area contributed by atoms with E-state index in [4.69, 9.17) is 9.40 Å². The van der Waals surface area contributed by atoms with Gasteiger partial charge in [-0.05, 0) is 28.8 Å². The molecule has 2 aromatic heterocycles. The van der Waals surface area contributed by atoms with Gasteiger partial charge in [0.1, 0.15) is 0 Å². The van der Waals surface area contributed by atoms with E-state index in [1.807, 2.05) is 18.4 Å². The van der Waals surface area contributed by atoms with Gasteiger partial charge in [0.05, 0.1) is 23.9 Å². The molecule has 2 nitrogen and oxygen atoms in total. The average molecular weight is 309 g/mol. The molecule has 1 aliphatic rings. The van der Waals surface area contributed by atoms with Crippen LogP contribution >= 0.6 is 0 Å². The number of fused-ring (bicyclic) bond motifs is 3. The molecule has 0 amide bonds. The van der Waals surface area contributed by atoms with Crippen molar-refractivity contribution in [3.63, 3.8) is 0 Å². The summed E-state index contributed by atoms with van der Waals surface area (Å²) in [6.07, 6.45) is 4.47. The Kier molecular flexibility index (Phi) is 2.89. The number of aromatic nitrogens is 1. The highest BCUT2D eigenvalue weighted by atomic mass is 16.3. The summed E-state index contributed by atoms with van der Waals surface area (Å²) >= 11 is 0. The predicted octanol–water partition coefficient (Wildman–Crippen LogP) is 5.58. The van der Waals surface area contributed by atoms with E-state index >= 15 is 0 Å². The van der Waals surface area contributed by atoms with Crippen LogP contribution in [0, 0.1) is 0 Å². The summed E-state index contributed by atoms with van der Waals surface area (Å²) in [5.41, 5.74) is 9.43. The number of benzene rings is 2. The molecule has 5 rings (SSSR count). The maximum Gasteiger partial charge on any atom is 0.0981 e. The van der Waals surface area contributed by atoms with Gasteiger partial charge in [-0.1, -0.05) is 54.6 Å². The maximum absolute atomic E-state index is 5.33. The molecule has 0 atom stereocenters. The van der Waals surface area contributed by atoms with Gasteiger partial charge in [0.25, 0.3) is 0 Å². The van der Waals surface area contributed by atoms with Gasteiger partial charge >= 0.3 is 0 Å². The normalized spacial score (nSPS) is 12.0. The molecule has 0 bridgehead atoms. The first kappa shape index (κ1) is 13.3. The summed E-state index contributed by atoms with van der Waals surface area (Å²) in [6, 6.07) is 23.1. The van der Waals surface area contributed by atoms with E-state index in [1.54, 1.807) is 6.26 Å². The highest BCUT2D eigenvalue weighted by Crippen LogP contribution is 2.42. The molecule has 2 aromatic carbocycles. The Balaban J connectivity index is 1.80.